The Hall–Kier alpha value is -3.56. The molecule has 0 saturated heterocycles. The summed E-state index contributed by atoms with van der Waals surface area (Å²) in [6.07, 6.45) is 1.82. The highest BCUT2D eigenvalue weighted by Gasteiger charge is 2.17. The minimum absolute atomic E-state index is 0.537. The van der Waals surface area contributed by atoms with Crippen molar-refractivity contribution in [1.82, 2.24) is 4.68 Å². The van der Waals surface area contributed by atoms with Crippen LogP contribution in [0.2, 0.25) is 0 Å². The van der Waals surface area contributed by atoms with E-state index in [9.17, 15) is 0 Å². The third-order valence-corrected chi connectivity index (χ3v) is 6.33. The summed E-state index contributed by atoms with van der Waals surface area (Å²) in [6, 6.07) is 13.4. The van der Waals surface area contributed by atoms with Gasteiger partial charge in [0.1, 0.15) is 5.75 Å². The van der Waals surface area contributed by atoms with Gasteiger partial charge in [0.05, 0.1) is 46.0 Å². The fraction of sp³-hybridized carbons (Fsp3) is 0.167. The van der Waals surface area contributed by atoms with E-state index >= 15 is 0 Å². The fourth-order valence-electron chi connectivity index (χ4n) is 3.16. The summed E-state index contributed by atoms with van der Waals surface area (Å²) in [5.41, 5.74) is 3.52. The van der Waals surface area contributed by atoms with Crippen LogP contribution in [0.15, 0.2) is 68.7 Å². The lowest BCUT2D eigenvalue weighted by atomic mass is 10.1. The van der Waals surface area contributed by atoms with Crippen LogP contribution in [0.4, 0.5) is 5.69 Å². The van der Waals surface area contributed by atoms with Gasteiger partial charge in [0.15, 0.2) is 11.5 Å². The van der Waals surface area contributed by atoms with Gasteiger partial charge in [-0.1, -0.05) is 0 Å². The van der Waals surface area contributed by atoms with Crippen LogP contribution in [0.25, 0.3) is 11.3 Å². The molecule has 0 aliphatic carbocycles. The molecular formula is C24H23N3O4S2. The molecule has 7 nitrogen and oxygen atoms in total. The van der Waals surface area contributed by atoms with Gasteiger partial charge < -0.3 is 18.9 Å². The number of ether oxygens (including phenoxy) is 4. The second kappa shape index (κ2) is 10.4. The maximum Gasteiger partial charge on any atom is 0.211 e. The normalized spacial score (nSPS) is 11.7. The maximum atomic E-state index is 5.54. The zero-order valence-electron chi connectivity index (χ0n) is 18.6. The van der Waals surface area contributed by atoms with Crippen molar-refractivity contribution in [3.8, 4) is 34.3 Å². The molecule has 0 saturated carbocycles. The molecule has 2 aromatic heterocycles. The number of benzene rings is 2. The Morgan fingerprint density at radius 2 is 1.58 bits per heavy atom. The van der Waals surface area contributed by atoms with Crippen LogP contribution in [-0.2, 0) is 0 Å². The quantitative estimate of drug-likeness (QED) is 0.315. The predicted octanol–water partition coefficient (Wildman–Crippen LogP) is 5.43. The van der Waals surface area contributed by atoms with E-state index in [0.717, 1.165) is 33.1 Å². The maximum absolute atomic E-state index is 5.54. The van der Waals surface area contributed by atoms with E-state index in [1.54, 1.807) is 39.8 Å². The fourth-order valence-corrected chi connectivity index (χ4v) is 4.62. The summed E-state index contributed by atoms with van der Waals surface area (Å²) in [7, 11) is 6.42. The van der Waals surface area contributed by atoms with Gasteiger partial charge in [0, 0.05) is 16.5 Å². The van der Waals surface area contributed by atoms with Crippen molar-refractivity contribution >= 4 is 34.6 Å². The molecule has 0 unspecified atom stereocenters. The number of hydrogen-bond donors (Lipinski definition) is 0. The van der Waals surface area contributed by atoms with E-state index in [1.165, 1.54) is 11.3 Å². The summed E-state index contributed by atoms with van der Waals surface area (Å²) in [4.78, 5) is 5.53. The van der Waals surface area contributed by atoms with Gasteiger partial charge in [-0.15, -0.1) is 11.3 Å². The zero-order valence-corrected chi connectivity index (χ0v) is 20.3. The first kappa shape index (κ1) is 22.6. The molecule has 0 spiro atoms. The number of thiophene rings is 1. The molecule has 9 heteroatoms. The van der Waals surface area contributed by atoms with Crippen LogP contribution in [0, 0.1) is 0 Å². The van der Waals surface area contributed by atoms with Crippen LogP contribution in [0.3, 0.4) is 0 Å². The highest BCUT2D eigenvalue weighted by molar-refractivity contribution is 7.08. The molecule has 0 aliphatic heterocycles. The summed E-state index contributed by atoms with van der Waals surface area (Å²) in [6.45, 7) is 0. The van der Waals surface area contributed by atoms with Gasteiger partial charge in [-0.2, -0.15) is 16.4 Å². The van der Waals surface area contributed by atoms with E-state index in [0.29, 0.717) is 17.2 Å². The number of hydrogen-bond acceptors (Lipinski definition) is 8. The van der Waals surface area contributed by atoms with Crippen molar-refractivity contribution in [3.63, 3.8) is 0 Å². The third kappa shape index (κ3) is 4.94. The first-order valence-electron chi connectivity index (χ1n) is 9.93. The van der Waals surface area contributed by atoms with Crippen molar-refractivity contribution in [2.75, 3.05) is 28.4 Å². The predicted molar refractivity (Wildman–Crippen MR) is 133 cm³/mol. The molecule has 0 radical (unpaired) electrons. The first-order chi connectivity index (χ1) is 16.2. The second-order valence-corrected chi connectivity index (χ2v) is 8.36. The Balaban J connectivity index is 1.87. The average Bonchev–Trinajstić information content (AvgIpc) is 3.52. The van der Waals surface area contributed by atoms with Crippen LogP contribution < -0.4 is 23.7 Å². The molecule has 0 bridgehead atoms. The molecule has 33 heavy (non-hydrogen) atoms. The van der Waals surface area contributed by atoms with E-state index in [2.05, 4.69) is 0 Å². The highest BCUT2D eigenvalue weighted by atomic mass is 32.1. The van der Waals surface area contributed by atoms with Crippen molar-refractivity contribution in [2.24, 2.45) is 10.1 Å². The van der Waals surface area contributed by atoms with Crippen LogP contribution in [0.1, 0.15) is 5.56 Å². The molecule has 2 aromatic carbocycles. The average molecular weight is 482 g/mol. The van der Waals surface area contributed by atoms with Crippen molar-refractivity contribution in [3.05, 3.63) is 69.0 Å². The van der Waals surface area contributed by atoms with E-state index < -0.39 is 0 Å². The minimum Gasteiger partial charge on any atom is -0.497 e. The van der Waals surface area contributed by atoms with Crippen LogP contribution in [-0.4, -0.2) is 39.3 Å². The first-order valence-corrected chi connectivity index (χ1v) is 11.7. The summed E-state index contributed by atoms with van der Waals surface area (Å²) < 4.78 is 23.6. The Morgan fingerprint density at radius 1 is 0.848 bits per heavy atom. The van der Waals surface area contributed by atoms with Gasteiger partial charge in [-0.05, 0) is 53.2 Å². The lowest BCUT2D eigenvalue weighted by Crippen LogP contribution is -2.11. The number of thiazole rings is 1. The van der Waals surface area contributed by atoms with Crippen molar-refractivity contribution in [2.45, 2.75) is 0 Å². The Bertz CT molecular complexity index is 1280. The largest absolute Gasteiger partial charge is 0.497 e. The molecule has 0 atom stereocenters. The Kier molecular flexibility index (Phi) is 7.11. The second-order valence-electron chi connectivity index (χ2n) is 6.74. The van der Waals surface area contributed by atoms with Gasteiger partial charge >= 0.3 is 0 Å². The standard InChI is InChI=1S/C24H23N3O4S2/c1-28-19-7-5-18(6-8-19)26-24-27(25-13-16-9-10-32-14-16)20(15-33-24)17-11-21(29-2)23(31-4)22(12-17)30-3/h5-15H,1-4H3. The van der Waals surface area contributed by atoms with E-state index in [-0.39, 0.29) is 0 Å². The third-order valence-electron chi connectivity index (χ3n) is 4.81. The molecule has 0 aliphatic rings. The summed E-state index contributed by atoms with van der Waals surface area (Å²) in [5.74, 6) is 2.46. The van der Waals surface area contributed by atoms with Crippen LogP contribution in [0.5, 0.6) is 23.0 Å². The topological polar surface area (TPSA) is 66.6 Å². The number of aromatic nitrogens is 1. The smallest absolute Gasteiger partial charge is 0.211 e. The minimum atomic E-state index is 0.537. The molecular weight excluding hydrogens is 458 g/mol. The van der Waals surface area contributed by atoms with Crippen molar-refractivity contribution in [1.29, 1.82) is 0 Å². The van der Waals surface area contributed by atoms with Gasteiger partial charge in [-0.25, -0.2) is 9.67 Å². The van der Waals surface area contributed by atoms with E-state index in [4.69, 9.17) is 29.0 Å². The highest BCUT2D eigenvalue weighted by Crippen LogP contribution is 2.41. The Labute approximate surface area is 199 Å². The van der Waals surface area contributed by atoms with Gasteiger partial charge in [0.25, 0.3) is 0 Å². The molecule has 4 aromatic rings. The SMILES string of the molecule is COc1ccc(N=c2scc(-c3cc(OC)c(OC)c(OC)c3)n2N=Cc2ccsc2)cc1. The van der Waals surface area contributed by atoms with E-state index in [1.807, 2.05) is 69.5 Å². The molecule has 4 rings (SSSR count). The summed E-state index contributed by atoms with van der Waals surface area (Å²) in [5, 5.41) is 10.8. The molecule has 0 N–H and O–H groups in total. The van der Waals surface area contributed by atoms with Crippen LogP contribution >= 0.6 is 22.7 Å². The van der Waals surface area contributed by atoms with Gasteiger partial charge in [-0.3, -0.25) is 0 Å². The number of nitrogens with zero attached hydrogens (tertiary/aromatic N) is 3. The Morgan fingerprint density at radius 3 is 2.15 bits per heavy atom. The summed E-state index contributed by atoms with van der Waals surface area (Å²) >= 11 is 3.11. The lowest BCUT2D eigenvalue weighted by molar-refractivity contribution is 0.324. The number of rotatable bonds is 8. The molecule has 2 heterocycles. The molecule has 0 fully saturated rings. The van der Waals surface area contributed by atoms with Gasteiger partial charge in [0.2, 0.25) is 10.6 Å². The zero-order chi connectivity index (χ0) is 23.2. The van der Waals surface area contributed by atoms with Crippen molar-refractivity contribution < 1.29 is 18.9 Å². The monoisotopic (exact) mass is 481 g/mol. The lowest BCUT2D eigenvalue weighted by Gasteiger charge is -2.14. The molecule has 0 amide bonds. The number of methoxy groups -OCH3 is 4. The molecule has 170 valence electrons.